The van der Waals surface area contributed by atoms with Gasteiger partial charge in [-0.2, -0.15) is 4.98 Å². The number of aryl methyl sites for hydroxylation is 1. The van der Waals surface area contributed by atoms with Gasteiger partial charge in [-0.3, -0.25) is 4.79 Å². The first-order valence-electron chi connectivity index (χ1n) is 5.98. The molecule has 1 atom stereocenters. The van der Waals surface area contributed by atoms with E-state index in [9.17, 15) is 4.79 Å². The second kappa shape index (κ2) is 4.72. The maximum absolute atomic E-state index is 12.0. The lowest BCUT2D eigenvalue weighted by Gasteiger charge is -2.15. The highest BCUT2D eigenvalue weighted by molar-refractivity contribution is 5.91. The predicted molar refractivity (Wildman–Crippen MR) is 67.3 cm³/mol. The number of carbonyl (C=O) groups excluding carboxylic acids is 1. The molecule has 18 heavy (non-hydrogen) atoms. The number of hydrogen-bond donors (Lipinski definition) is 1. The molecule has 2 aromatic rings. The Hall–Kier alpha value is -1.98. The van der Waals surface area contributed by atoms with Gasteiger partial charge in [-0.1, -0.05) is 13.8 Å². The molecule has 0 aromatic carbocycles. The summed E-state index contributed by atoms with van der Waals surface area (Å²) in [6.07, 6.45) is 1.65. The van der Waals surface area contributed by atoms with Crippen molar-refractivity contribution in [1.82, 2.24) is 24.9 Å². The highest BCUT2D eigenvalue weighted by Gasteiger charge is 2.17. The van der Waals surface area contributed by atoms with Gasteiger partial charge < -0.3 is 5.32 Å². The molecular weight excluding hydrogens is 230 g/mol. The molecule has 6 heteroatoms. The molecule has 1 N–H and O–H groups in total. The Morgan fingerprint density at radius 1 is 1.39 bits per heavy atom. The second-order valence-corrected chi connectivity index (χ2v) is 4.74. The van der Waals surface area contributed by atoms with Crippen molar-refractivity contribution in [2.45, 2.75) is 33.7 Å². The minimum Gasteiger partial charge on any atom is -0.347 e. The van der Waals surface area contributed by atoms with E-state index in [0.29, 0.717) is 11.7 Å². The summed E-state index contributed by atoms with van der Waals surface area (Å²) in [5.74, 6) is 0.702. The van der Waals surface area contributed by atoms with Crippen LogP contribution in [0, 0.1) is 12.8 Å². The van der Waals surface area contributed by atoms with Gasteiger partial charge in [0.2, 0.25) is 5.82 Å². The molecule has 0 radical (unpaired) electrons. The average Bonchev–Trinajstić information content (AvgIpc) is 2.74. The maximum Gasteiger partial charge on any atom is 0.291 e. The van der Waals surface area contributed by atoms with E-state index < -0.39 is 0 Å². The van der Waals surface area contributed by atoms with Crippen LogP contribution in [0.25, 0.3) is 5.78 Å². The molecule has 1 amide bonds. The van der Waals surface area contributed by atoms with Crippen LogP contribution in [0.4, 0.5) is 0 Å². The third-order valence-corrected chi connectivity index (χ3v) is 2.99. The van der Waals surface area contributed by atoms with Gasteiger partial charge in [0.05, 0.1) is 0 Å². The Morgan fingerprint density at radius 2 is 2.11 bits per heavy atom. The summed E-state index contributed by atoms with van der Waals surface area (Å²) >= 11 is 0. The van der Waals surface area contributed by atoms with Crippen LogP contribution in [-0.2, 0) is 0 Å². The van der Waals surface area contributed by atoms with Crippen molar-refractivity contribution in [2.75, 3.05) is 0 Å². The van der Waals surface area contributed by atoms with Gasteiger partial charge in [0.25, 0.3) is 11.7 Å². The first kappa shape index (κ1) is 12.5. The molecule has 0 bridgehead atoms. The highest BCUT2D eigenvalue weighted by atomic mass is 16.2. The normalized spacial score (nSPS) is 12.9. The van der Waals surface area contributed by atoms with E-state index in [1.807, 2.05) is 33.8 Å². The van der Waals surface area contributed by atoms with Gasteiger partial charge in [0.15, 0.2) is 0 Å². The van der Waals surface area contributed by atoms with Crippen LogP contribution in [0.2, 0.25) is 0 Å². The van der Waals surface area contributed by atoms with E-state index >= 15 is 0 Å². The highest BCUT2D eigenvalue weighted by Crippen LogP contribution is 2.04. The molecule has 0 aliphatic carbocycles. The van der Waals surface area contributed by atoms with Crippen molar-refractivity contribution in [3.8, 4) is 0 Å². The van der Waals surface area contributed by atoms with E-state index in [0.717, 1.165) is 5.69 Å². The molecule has 96 valence electrons. The van der Waals surface area contributed by atoms with Gasteiger partial charge >= 0.3 is 0 Å². The monoisotopic (exact) mass is 247 g/mol. The molecule has 0 fully saturated rings. The van der Waals surface area contributed by atoms with Crippen molar-refractivity contribution >= 4 is 11.7 Å². The van der Waals surface area contributed by atoms with E-state index in [1.165, 1.54) is 0 Å². The lowest BCUT2D eigenvalue weighted by molar-refractivity contribution is 0.0920. The minimum atomic E-state index is -0.263. The van der Waals surface area contributed by atoms with E-state index in [-0.39, 0.29) is 17.8 Å². The zero-order chi connectivity index (χ0) is 13.3. The SMILES string of the molecule is Cc1ccnc2nc(C(=O)NC(C)C(C)C)nn12. The van der Waals surface area contributed by atoms with E-state index in [4.69, 9.17) is 0 Å². The maximum atomic E-state index is 12.0. The molecule has 2 heterocycles. The molecule has 0 saturated heterocycles. The van der Waals surface area contributed by atoms with Crippen LogP contribution in [0.3, 0.4) is 0 Å². The van der Waals surface area contributed by atoms with Crippen LogP contribution in [0.15, 0.2) is 12.3 Å². The Labute approximate surface area is 105 Å². The third kappa shape index (κ3) is 2.32. The minimum absolute atomic E-state index is 0.0816. The lowest BCUT2D eigenvalue weighted by Crippen LogP contribution is -2.36. The average molecular weight is 247 g/mol. The molecule has 1 unspecified atom stereocenters. The van der Waals surface area contributed by atoms with Crippen LogP contribution >= 0.6 is 0 Å². The Balaban J connectivity index is 2.26. The van der Waals surface area contributed by atoms with Crippen LogP contribution < -0.4 is 5.32 Å². The number of aromatic nitrogens is 4. The summed E-state index contributed by atoms with van der Waals surface area (Å²) < 4.78 is 1.56. The Kier molecular flexibility index (Phi) is 3.27. The van der Waals surface area contributed by atoms with Crippen molar-refractivity contribution in [2.24, 2.45) is 5.92 Å². The lowest BCUT2D eigenvalue weighted by atomic mass is 10.1. The zero-order valence-corrected chi connectivity index (χ0v) is 11.0. The van der Waals surface area contributed by atoms with Gasteiger partial charge in [0.1, 0.15) is 0 Å². The quantitative estimate of drug-likeness (QED) is 0.884. The number of nitrogens with zero attached hydrogens (tertiary/aromatic N) is 4. The smallest absolute Gasteiger partial charge is 0.291 e. The largest absolute Gasteiger partial charge is 0.347 e. The van der Waals surface area contributed by atoms with Crippen LogP contribution in [0.1, 0.15) is 37.1 Å². The fraction of sp³-hybridized carbons (Fsp3) is 0.500. The summed E-state index contributed by atoms with van der Waals surface area (Å²) in [7, 11) is 0. The molecular formula is C12H17N5O. The molecule has 0 saturated carbocycles. The summed E-state index contributed by atoms with van der Waals surface area (Å²) in [6.45, 7) is 7.95. The number of rotatable bonds is 3. The summed E-state index contributed by atoms with van der Waals surface area (Å²) in [5.41, 5.74) is 0.892. The topological polar surface area (TPSA) is 72.2 Å². The Bertz CT molecular complexity index is 575. The molecule has 0 aliphatic heterocycles. The first-order chi connectivity index (χ1) is 8.49. The van der Waals surface area contributed by atoms with Crippen LogP contribution in [0.5, 0.6) is 0 Å². The first-order valence-corrected chi connectivity index (χ1v) is 5.98. The van der Waals surface area contributed by atoms with Crippen molar-refractivity contribution in [1.29, 1.82) is 0 Å². The number of carbonyl (C=O) groups is 1. The second-order valence-electron chi connectivity index (χ2n) is 4.74. The fourth-order valence-corrected chi connectivity index (χ4v) is 1.44. The van der Waals surface area contributed by atoms with Gasteiger partial charge in [-0.15, -0.1) is 5.10 Å². The fourth-order valence-electron chi connectivity index (χ4n) is 1.44. The molecule has 6 nitrogen and oxygen atoms in total. The van der Waals surface area contributed by atoms with Crippen molar-refractivity contribution < 1.29 is 4.79 Å². The molecule has 2 rings (SSSR count). The molecule has 2 aromatic heterocycles. The van der Waals surface area contributed by atoms with Crippen molar-refractivity contribution in [3.63, 3.8) is 0 Å². The number of nitrogens with one attached hydrogen (secondary N) is 1. The third-order valence-electron chi connectivity index (χ3n) is 2.99. The summed E-state index contributed by atoms with van der Waals surface area (Å²) in [5, 5.41) is 7.03. The van der Waals surface area contributed by atoms with E-state index in [1.54, 1.807) is 10.7 Å². The summed E-state index contributed by atoms with van der Waals surface area (Å²) in [6, 6.07) is 1.90. The standard InChI is InChI=1S/C12H17N5O/c1-7(2)9(4)14-11(18)10-15-12-13-6-5-8(3)17(12)16-10/h5-7,9H,1-4H3,(H,14,18). The Morgan fingerprint density at radius 3 is 2.72 bits per heavy atom. The number of fused-ring (bicyclic) bond motifs is 1. The number of hydrogen-bond acceptors (Lipinski definition) is 4. The van der Waals surface area contributed by atoms with Crippen LogP contribution in [-0.4, -0.2) is 31.5 Å². The molecule has 0 aliphatic rings. The molecule has 0 spiro atoms. The zero-order valence-electron chi connectivity index (χ0n) is 11.0. The van der Waals surface area contributed by atoms with Crippen molar-refractivity contribution in [3.05, 3.63) is 23.8 Å². The number of amides is 1. The predicted octanol–water partition coefficient (Wildman–Crippen LogP) is 1.21. The van der Waals surface area contributed by atoms with Gasteiger partial charge in [-0.05, 0) is 25.8 Å². The van der Waals surface area contributed by atoms with Gasteiger partial charge in [0, 0.05) is 17.9 Å². The van der Waals surface area contributed by atoms with Gasteiger partial charge in [-0.25, -0.2) is 9.50 Å². The van der Waals surface area contributed by atoms with E-state index in [2.05, 4.69) is 20.4 Å². The summed E-state index contributed by atoms with van der Waals surface area (Å²) in [4.78, 5) is 20.1.